The number of benzene rings is 2. The number of hydrogen-bond donors (Lipinski definition) is 1. The number of halogens is 2. The van der Waals surface area contributed by atoms with E-state index in [9.17, 15) is 4.79 Å². The molecule has 34 heavy (non-hydrogen) atoms. The molecule has 0 spiro atoms. The number of aromatic nitrogens is 5. The topological polar surface area (TPSA) is 77.6 Å². The summed E-state index contributed by atoms with van der Waals surface area (Å²) in [5.41, 5.74) is 5.24. The number of para-hydroxylation sites is 1. The Kier molecular flexibility index (Phi) is 5.81. The van der Waals surface area contributed by atoms with Gasteiger partial charge in [0, 0.05) is 30.4 Å². The van der Waals surface area contributed by atoms with E-state index in [0.717, 1.165) is 27.7 Å². The molecule has 0 saturated heterocycles. The first-order valence-corrected chi connectivity index (χ1v) is 11.3. The molecule has 7 nitrogen and oxygen atoms in total. The molecule has 170 valence electrons. The van der Waals surface area contributed by atoms with Gasteiger partial charge in [0.25, 0.3) is 5.91 Å². The minimum atomic E-state index is -0.240. The third kappa shape index (κ3) is 4.40. The molecule has 0 saturated carbocycles. The van der Waals surface area contributed by atoms with Gasteiger partial charge < -0.3 is 5.32 Å². The molecule has 0 fully saturated rings. The van der Waals surface area contributed by atoms with Crippen LogP contribution >= 0.6 is 23.2 Å². The number of hydrogen-bond acceptors (Lipinski definition) is 4. The average Bonchev–Trinajstić information content (AvgIpc) is 3.40. The molecule has 0 unspecified atom stereocenters. The standard InChI is InChI=1S/C25H20Cl2N6O/c1-15-20(14-32(2)31-15)24-10-19(18-5-3-4-6-23(18)30-24)25(34)29-17-11-28-33(13-17)12-16-7-8-21(26)22(27)9-16/h3-11,13-14H,12H2,1-2H3,(H,29,34). The molecule has 0 radical (unpaired) electrons. The summed E-state index contributed by atoms with van der Waals surface area (Å²) in [6.45, 7) is 2.42. The van der Waals surface area contributed by atoms with Crippen molar-refractivity contribution in [3.05, 3.63) is 94.0 Å². The van der Waals surface area contributed by atoms with Crippen molar-refractivity contribution in [2.75, 3.05) is 5.32 Å². The van der Waals surface area contributed by atoms with E-state index in [2.05, 4.69) is 15.5 Å². The highest BCUT2D eigenvalue weighted by molar-refractivity contribution is 6.42. The molecule has 5 aromatic rings. The Morgan fingerprint density at radius 2 is 1.88 bits per heavy atom. The maximum absolute atomic E-state index is 13.3. The van der Waals surface area contributed by atoms with Crippen molar-refractivity contribution >= 4 is 45.7 Å². The molecule has 3 aromatic heterocycles. The lowest BCUT2D eigenvalue weighted by molar-refractivity contribution is 0.102. The first kappa shape index (κ1) is 22.1. The van der Waals surface area contributed by atoms with Gasteiger partial charge in [0.2, 0.25) is 0 Å². The summed E-state index contributed by atoms with van der Waals surface area (Å²) < 4.78 is 3.47. The van der Waals surface area contributed by atoms with Crippen molar-refractivity contribution in [2.24, 2.45) is 7.05 Å². The number of nitrogens with zero attached hydrogens (tertiary/aromatic N) is 5. The van der Waals surface area contributed by atoms with Crippen LogP contribution in [0, 0.1) is 6.92 Å². The van der Waals surface area contributed by atoms with Crippen LogP contribution < -0.4 is 5.32 Å². The number of rotatable bonds is 5. The first-order chi connectivity index (χ1) is 16.4. The predicted octanol–water partition coefficient (Wildman–Crippen LogP) is 5.75. The maximum atomic E-state index is 13.3. The SMILES string of the molecule is Cc1nn(C)cc1-c1cc(C(=O)Nc2cnn(Cc3ccc(Cl)c(Cl)c3)c2)c2ccccc2n1. The molecule has 9 heteroatoms. The predicted molar refractivity (Wildman–Crippen MR) is 134 cm³/mol. The highest BCUT2D eigenvalue weighted by Crippen LogP contribution is 2.27. The third-order valence-corrected chi connectivity index (χ3v) is 6.21. The lowest BCUT2D eigenvalue weighted by Crippen LogP contribution is -2.13. The van der Waals surface area contributed by atoms with Crippen molar-refractivity contribution in [3.8, 4) is 11.3 Å². The van der Waals surface area contributed by atoms with E-state index in [4.69, 9.17) is 28.2 Å². The molecule has 0 atom stereocenters. The van der Waals surface area contributed by atoms with E-state index < -0.39 is 0 Å². The summed E-state index contributed by atoms with van der Waals surface area (Å²) in [5.74, 6) is -0.240. The van der Waals surface area contributed by atoms with E-state index >= 15 is 0 Å². The average molecular weight is 491 g/mol. The molecule has 0 aliphatic carbocycles. The number of anilines is 1. The highest BCUT2D eigenvalue weighted by Gasteiger charge is 2.17. The van der Waals surface area contributed by atoms with Crippen LogP contribution in [0.3, 0.4) is 0 Å². The van der Waals surface area contributed by atoms with Crippen LogP contribution in [-0.2, 0) is 13.6 Å². The highest BCUT2D eigenvalue weighted by atomic mass is 35.5. The number of amides is 1. The van der Waals surface area contributed by atoms with Gasteiger partial charge in [-0.1, -0.05) is 47.5 Å². The number of pyridine rings is 1. The van der Waals surface area contributed by atoms with Crippen LogP contribution in [0.1, 0.15) is 21.6 Å². The summed E-state index contributed by atoms with van der Waals surface area (Å²) >= 11 is 12.1. The number of aryl methyl sites for hydroxylation is 2. The summed E-state index contributed by atoms with van der Waals surface area (Å²) in [5, 5.41) is 13.5. The van der Waals surface area contributed by atoms with Crippen LogP contribution in [0.5, 0.6) is 0 Å². The molecule has 2 aromatic carbocycles. The minimum absolute atomic E-state index is 0.240. The zero-order valence-electron chi connectivity index (χ0n) is 18.5. The second-order valence-corrected chi connectivity index (χ2v) is 8.82. The van der Waals surface area contributed by atoms with Crippen LogP contribution in [0.25, 0.3) is 22.2 Å². The summed E-state index contributed by atoms with van der Waals surface area (Å²) in [7, 11) is 1.86. The fourth-order valence-corrected chi connectivity index (χ4v) is 4.21. The van der Waals surface area contributed by atoms with Gasteiger partial charge in [-0.3, -0.25) is 14.2 Å². The Labute approximate surface area is 205 Å². The van der Waals surface area contributed by atoms with Crippen LogP contribution in [0.15, 0.2) is 67.1 Å². The lowest BCUT2D eigenvalue weighted by Gasteiger charge is -2.09. The van der Waals surface area contributed by atoms with Crippen molar-refractivity contribution in [1.82, 2.24) is 24.5 Å². The van der Waals surface area contributed by atoms with E-state index in [0.29, 0.717) is 33.5 Å². The van der Waals surface area contributed by atoms with Crippen LogP contribution in [0.2, 0.25) is 10.0 Å². The van der Waals surface area contributed by atoms with E-state index in [1.54, 1.807) is 33.9 Å². The van der Waals surface area contributed by atoms with Gasteiger partial charge in [0.15, 0.2) is 0 Å². The molecule has 3 heterocycles. The van der Waals surface area contributed by atoms with Crippen LogP contribution in [-0.4, -0.2) is 30.5 Å². The zero-order chi connectivity index (χ0) is 23.8. The van der Waals surface area contributed by atoms with E-state index in [1.165, 1.54) is 0 Å². The molecule has 5 rings (SSSR count). The molecular formula is C25H20Cl2N6O. The fraction of sp³-hybridized carbons (Fsp3) is 0.120. The quantitative estimate of drug-likeness (QED) is 0.340. The number of carbonyl (C=O) groups excluding carboxylic acids is 1. The Balaban J connectivity index is 1.43. The number of carbonyl (C=O) groups is 1. The second kappa shape index (κ2) is 8.93. The Bertz CT molecular complexity index is 1540. The normalized spacial score (nSPS) is 11.2. The minimum Gasteiger partial charge on any atom is -0.319 e. The Morgan fingerprint density at radius 3 is 2.65 bits per heavy atom. The van der Waals surface area contributed by atoms with Crippen LogP contribution in [0.4, 0.5) is 5.69 Å². The van der Waals surface area contributed by atoms with Gasteiger partial charge in [0.05, 0.1) is 50.9 Å². The van der Waals surface area contributed by atoms with Gasteiger partial charge >= 0.3 is 0 Å². The molecule has 0 aliphatic heterocycles. The molecular weight excluding hydrogens is 471 g/mol. The molecule has 0 bridgehead atoms. The van der Waals surface area contributed by atoms with Crippen molar-refractivity contribution in [3.63, 3.8) is 0 Å². The lowest BCUT2D eigenvalue weighted by atomic mass is 10.0. The van der Waals surface area contributed by atoms with Crippen molar-refractivity contribution in [1.29, 1.82) is 0 Å². The largest absolute Gasteiger partial charge is 0.319 e. The number of fused-ring (bicyclic) bond motifs is 1. The van der Waals surface area contributed by atoms with Gasteiger partial charge in [-0.2, -0.15) is 10.2 Å². The second-order valence-electron chi connectivity index (χ2n) is 8.00. The zero-order valence-corrected chi connectivity index (χ0v) is 20.0. The summed E-state index contributed by atoms with van der Waals surface area (Å²) in [6, 6.07) is 14.8. The third-order valence-electron chi connectivity index (χ3n) is 5.47. The molecule has 1 amide bonds. The fourth-order valence-electron chi connectivity index (χ4n) is 3.89. The van der Waals surface area contributed by atoms with E-state index in [1.807, 2.05) is 56.6 Å². The summed E-state index contributed by atoms with van der Waals surface area (Å²) in [6.07, 6.45) is 5.29. The van der Waals surface area contributed by atoms with Gasteiger partial charge in [0.1, 0.15) is 0 Å². The maximum Gasteiger partial charge on any atom is 0.256 e. The first-order valence-electron chi connectivity index (χ1n) is 10.6. The van der Waals surface area contributed by atoms with Gasteiger partial charge in [-0.25, -0.2) is 4.98 Å². The van der Waals surface area contributed by atoms with Gasteiger partial charge in [-0.05, 0) is 36.8 Å². The van der Waals surface area contributed by atoms with Crippen molar-refractivity contribution in [2.45, 2.75) is 13.5 Å². The Hall–Kier alpha value is -3.68. The van der Waals surface area contributed by atoms with E-state index in [-0.39, 0.29) is 5.91 Å². The molecule has 1 N–H and O–H groups in total. The molecule has 0 aliphatic rings. The smallest absolute Gasteiger partial charge is 0.256 e. The van der Waals surface area contributed by atoms with Crippen molar-refractivity contribution < 1.29 is 4.79 Å². The number of nitrogens with one attached hydrogen (secondary N) is 1. The van der Waals surface area contributed by atoms with Gasteiger partial charge in [-0.15, -0.1) is 0 Å². The monoisotopic (exact) mass is 490 g/mol. The summed E-state index contributed by atoms with van der Waals surface area (Å²) in [4.78, 5) is 18.1. The Morgan fingerprint density at radius 1 is 1.06 bits per heavy atom.